The lowest BCUT2D eigenvalue weighted by molar-refractivity contribution is -0.384. The summed E-state index contributed by atoms with van der Waals surface area (Å²) >= 11 is 0. The van der Waals surface area contributed by atoms with Gasteiger partial charge in [-0.15, -0.1) is 0 Å². The number of aromatic carboxylic acids is 1. The van der Waals surface area contributed by atoms with E-state index in [0.717, 1.165) is 5.56 Å². The number of nitrogens with zero attached hydrogens (tertiary/aromatic N) is 1. The Hall–Kier alpha value is -4.00. The summed E-state index contributed by atoms with van der Waals surface area (Å²) in [6.07, 6.45) is 0.127. The number of nitro benzene ring substituents is 1. The van der Waals surface area contributed by atoms with Gasteiger partial charge in [-0.2, -0.15) is 0 Å². The van der Waals surface area contributed by atoms with Crippen LogP contribution in [0.25, 0.3) is 0 Å². The van der Waals surface area contributed by atoms with Crippen LogP contribution in [0, 0.1) is 10.1 Å². The van der Waals surface area contributed by atoms with E-state index in [4.69, 9.17) is 5.11 Å². The van der Waals surface area contributed by atoms with E-state index in [0.29, 0.717) is 11.3 Å². The van der Waals surface area contributed by atoms with E-state index in [2.05, 4.69) is 5.32 Å². The largest absolute Gasteiger partial charge is 0.478 e. The number of anilines is 1. The number of carboxylic acid groups (broad SMARTS) is 1. The molecule has 0 amide bonds. The highest BCUT2D eigenvalue weighted by Gasteiger charge is 2.18. The van der Waals surface area contributed by atoms with Gasteiger partial charge in [-0.05, 0) is 42.0 Å². The average Bonchev–Trinajstić information content (AvgIpc) is 2.74. The first-order chi connectivity index (χ1) is 13.9. The van der Waals surface area contributed by atoms with Crippen molar-refractivity contribution in [3.63, 3.8) is 0 Å². The van der Waals surface area contributed by atoms with Crippen molar-refractivity contribution in [3.8, 4) is 0 Å². The first-order valence-corrected chi connectivity index (χ1v) is 8.86. The fourth-order valence-electron chi connectivity index (χ4n) is 2.92. The fourth-order valence-corrected chi connectivity index (χ4v) is 2.92. The lowest BCUT2D eigenvalue weighted by Gasteiger charge is -2.20. The zero-order valence-electron chi connectivity index (χ0n) is 15.3. The van der Waals surface area contributed by atoms with E-state index in [1.165, 1.54) is 36.4 Å². The molecule has 0 bridgehead atoms. The van der Waals surface area contributed by atoms with Crippen LogP contribution in [-0.2, 0) is 0 Å². The molecule has 0 spiro atoms. The second-order valence-electron chi connectivity index (χ2n) is 6.42. The molecule has 0 aliphatic rings. The van der Waals surface area contributed by atoms with Crippen molar-refractivity contribution in [3.05, 3.63) is 106 Å². The van der Waals surface area contributed by atoms with Gasteiger partial charge in [0.2, 0.25) is 0 Å². The minimum atomic E-state index is -1.01. The summed E-state index contributed by atoms with van der Waals surface area (Å²) in [5, 5.41) is 23.1. The van der Waals surface area contributed by atoms with Crippen molar-refractivity contribution in [1.29, 1.82) is 0 Å². The topological polar surface area (TPSA) is 110 Å². The van der Waals surface area contributed by atoms with Gasteiger partial charge < -0.3 is 10.4 Å². The summed E-state index contributed by atoms with van der Waals surface area (Å²) in [4.78, 5) is 34.1. The molecule has 1 unspecified atom stereocenters. The zero-order valence-corrected chi connectivity index (χ0v) is 15.3. The van der Waals surface area contributed by atoms with Crippen molar-refractivity contribution in [2.45, 2.75) is 12.5 Å². The Bertz CT molecular complexity index is 1020. The van der Waals surface area contributed by atoms with Crippen LogP contribution >= 0.6 is 0 Å². The molecule has 0 aliphatic heterocycles. The highest BCUT2D eigenvalue weighted by molar-refractivity contribution is 5.97. The molecule has 29 heavy (non-hydrogen) atoms. The molecule has 2 N–H and O–H groups in total. The molecule has 0 fully saturated rings. The number of rotatable bonds is 8. The number of Topliss-reactive ketones (excluding diaryl/α,β-unsaturated/α-hetero) is 1. The molecule has 0 heterocycles. The number of hydrogen-bond donors (Lipinski definition) is 2. The van der Waals surface area contributed by atoms with Gasteiger partial charge >= 0.3 is 5.97 Å². The Balaban J connectivity index is 1.81. The maximum atomic E-state index is 12.8. The molecule has 0 aromatic heterocycles. The second-order valence-corrected chi connectivity index (χ2v) is 6.42. The van der Waals surface area contributed by atoms with Crippen molar-refractivity contribution >= 4 is 23.1 Å². The van der Waals surface area contributed by atoms with Crippen molar-refractivity contribution in [2.75, 3.05) is 5.32 Å². The van der Waals surface area contributed by atoms with Crippen LogP contribution in [0.5, 0.6) is 0 Å². The predicted molar refractivity (Wildman–Crippen MR) is 108 cm³/mol. The SMILES string of the molecule is O=C(O)c1ccc(NC(CC(=O)c2ccc([N+](=O)[O-])cc2)c2ccccc2)cc1. The van der Waals surface area contributed by atoms with Crippen molar-refractivity contribution in [2.24, 2.45) is 0 Å². The van der Waals surface area contributed by atoms with Crippen LogP contribution in [0.15, 0.2) is 78.9 Å². The number of hydrogen-bond acceptors (Lipinski definition) is 5. The van der Waals surface area contributed by atoms with Gasteiger partial charge in [-0.25, -0.2) is 4.79 Å². The Kier molecular flexibility index (Phi) is 5.99. The van der Waals surface area contributed by atoms with Crippen LogP contribution in [0.4, 0.5) is 11.4 Å². The third kappa shape index (κ3) is 5.04. The minimum absolute atomic E-state index is 0.0715. The quantitative estimate of drug-likeness (QED) is 0.327. The number of carboxylic acids is 1. The van der Waals surface area contributed by atoms with Gasteiger partial charge in [0, 0.05) is 29.8 Å². The number of carbonyl (C=O) groups is 2. The number of benzene rings is 3. The number of ketones is 1. The molecule has 3 aromatic rings. The second kappa shape index (κ2) is 8.79. The first kappa shape index (κ1) is 19.8. The lowest BCUT2D eigenvalue weighted by Crippen LogP contribution is -2.16. The first-order valence-electron chi connectivity index (χ1n) is 8.86. The molecule has 3 rings (SSSR count). The maximum absolute atomic E-state index is 12.8. The van der Waals surface area contributed by atoms with E-state index in [-0.39, 0.29) is 29.5 Å². The highest BCUT2D eigenvalue weighted by atomic mass is 16.6. The molecule has 0 saturated carbocycles. The van der Waals surface area contributed by atoms with Crippen LogP contribution in [0.1, 0.15) is 38.7 Å². The molecular formula is C22H18N2O5. The Morgan fingerprint density at radius 3 is 2.03 bits per heavy atom. The van der Waals surface area contributed by atoms with Crippen molar-refractivity contribution in [1.82, 2.24) is 0 Å². The van der Waals surface area contributed by atoms with Crippen LogP contribution < -0.4 is 5.32 Å². The van der Waals surface area contributed by atoms with Gasteiger partial charge in [0.15, 0.2) is 5.78 Å². The molecule has 7 heteroatoms. The summed E-state index contributed by atoms with van der Waals surface area (Å²) in [5.74, 6) is -1.17. The lowest BCUT2D eigenvalue weighted by atomic mass is 9.97. The molecular weight excluding hydrogens is 372 g/mol. The number of non-ortho nitro benzene ring substituents is 1. The van der Waals surface area contributed by atoms with E-state index >= 15 is 0 Å². The van der Waals surface area contributed by atoms with E-state index in [1.807, 2.05) is 30.3 Å². The van der Waals surface area contributed by atoms with Gasteiger partial charge in [0.1, 0.15) is 0 Å². The zero-order chi connectivity index (χ0) is 20.8. The van der Waals surface area contributed by atoms with Crippen LogP contribution in [0.3, 0.4) is 0 Å². The Morgan fingerprint density at radius 1 is 0.897 bits per heavy atom. The smallest absolute Gasteiger partial charge is 0.335 e. The van der Waals surface area contributed by atoms with Gasteiger partial charge in [0.25, 0.3) is 5.69 Å². The van der Waals surface area contributed by atoms with E-state index < -0.39 is 10.9 Å². The third-order valence-electron chi connectivity index (χ3n) is 4.46. The van der Waals surface area contributed by atoms with Crippen LogP contribution in [-0.4, -0.2) is 21.8 Å². The summed E-state index contributed by atoms with van der Waals surface area (Å²) in [7, 11) is 0. The Morgan fingerprint density at radius 2 is 1.48 bits per heavy atom. The normalized spacial score (nSPS) is 11.4. The molecule has 7 nitrogen and oxygen atoms in total. The number of nitrogens with one attached hydrogen (secondary N) is 1. The molecule has 3 aromatic carbocycles. The van der Waals surface area contributed by atoms with E-state index in [9.17, 15) is 19.7 Å². The predicted octanol–water partition coefficient (Wildman–Crippen LogP) is 4.72. The van der Waals surface area contributed by atoms with E-state index in [1.54, 1.807) is 12.1 Å². The minimum Gasteiger partial charge on any atom is -0.478 e. The fraction of sp³-hybridized carbons (Fsp3) is 0.0909. The average molecular weight is 390 g/mol. The van der Waals surface area contributed by atoms with Gasteiger partial charge in [-0.3, -0.25) is 14.9 Å². The summed E-state index contributed by atoms with van der Waals surface area (Å²) in [5.41, 5.74) is 2.07. The molecule has 1 atom stereocenters. The van der Waals surface area contributed by atoms with Crippen LogP contribution in [0.2, 0.25) is 0 Å². The monoisotopic (exact) mass is 390 g/mol. The third-order valence-corrected chi connectivity index (χ3v) is 4.46. The molecule has 0 aliphatic carbocycles. The summed E-state index contributed by atoms with van der Waals surface area (Å²) in [6.45, 7) is 0. The summed E-state index contributed by atoms with van der Waals surface area (Å²) in [6, 6.07) is 20.8. The standard InChI is InChI=1S/C22H18N2O5/c25-21(16-8-12-19(13-9-16)24(28)29)14-20(15-4-2-1-3-5-15)23-18-10-6-17(7-11-18)22(26)27/h1-13,20,23H,14H2,(H,26,27). The maximum Gasteiger partial charge on any atom is 0.335 e. The number of carbonyl (C=O) groups excluding carboxylic acids is 1. The Labute approximate surface area is 166 Å². The highest BCUT2D eigenvalue weighted by Crippen LogP contribution is 2.25. The number of nitro groups is 1. The van der Waals surface area contributed by atoms with Gasteiger partial charge in [0.05, 0.1) is 16.5 Å². The molecule has 0 radical (unpaired) electrons. The summed E-state index contributed by atoms with van der Waals surface area (Å²) < 4.78 is 0. The molecule has 0 saturated heterocycles. The van der Waals surface area contributed by atoms with Crippen molar-refractivity contribution < 1.29 is 19.6 Å². The molecule has 146 valence electrons. The van der Waals surface area contributed by atoms with Gasteiger partial charge in [-0.1, -0.05) is 30.3 Å².